The highest BCUT2D eigenvalue weighted by Crippen LogP contribution is 2.29. The Kier molecular flexibility index (Phi) is 4.90. The predicted molar refractivity (Wildman–Crippen MR) is 90.4 cm³/mol. The van der Waals surface area contributed by atoms with Crippen molar-refractivity contribution in [1.82, 2.24) is 0 Å². The van der Waals surface area contributed by atoms with Crippen molar-refractivity contribution in [1.29, 1.82) is 0 Å². The molecule has 1 atom stereocenters. The Hall–Kier alpha value is -0.830. The summed E-state index contributed by atoms with van der Waals surface area (Å²) in [5, 5.41) is 0.719. The van der Waals surface area contributed by atoms with Crippen LogP contribution in [0.1, 0.15) is 33.9 Å². The summed E-state index contributed by atoms with van der Waals surface area (Å²) in [7, 11) is 0. The van der Waals surface area contributed by atoms with E-state index in [2.05, 4.69) is 48.8 Å². The summed E-state index contributed by atoms with van der Waals surface area (Å²) in [4.78, 5) is 0. The zero-order valence-electron chi connectivity index (χ0n) is 12.0. The molecule has 2 rings (SSSR count). The largest absolute Gasteiger partial charge is 0.324 e. The molecule has 2 aromatic rings. The van der Waals surface area contributed by atoms with Crippen LogP contribution in [0.15, 0.2) is 34.8 Å². The number of hydrogen-bond acceptors (Lipinski definition) is 1. The standard InChI is InChI=1S/C17H19BrClN/c1-10-6-11(2)14(12(3)7-10)9-17(20)15-8-13(19)4-5-16(15)18/h4-8,17H,9,20H2,1-3H3. The molecule has 0 saturated carbocycles. The zero-order valence-corrected chi connectivity index (χ0v) is 14.3. The molecule has 20 heavy (non-hydrogen) atoms. The number of halogens is 2. The molecule has 2 N–H and O–H groups in total. The molecule has 0 spiro atoms. The molecular weight excluding hydrogens is 334 g/mol. The minimum Gasteiger partial charge on any atom is -0.324 e. The summed E-state index contributed by atoms with van der Waals surface area (Å²) in [6.07, 6.45) is 0.816. The SMILES string of the molecule is Cc1cc(C)c(CC(N)c2cc(Cl)ccc2Br)c(C)c1. The van der Waals surface area contributed by atoms with E-state index in [4.69, 9.17) is 17.3 Å². The minimum atomic E-state index is -0.0665. The lowest BCUT2D eigenvalue weighted by molar-refractivity contribution is 0.712. The summed E-state index contributed by atoms with van der Waals surface area (Å²) in [6, 6.07) is 10.1. The number of rotatable bonds is 3. The molecule has 3 heteroatoms. The van der Waals surface area contributed by atoms with Gasteiger partial charge in [-0.3, -0.25) is 0 Å². The summed E-state index contributed by atoms with van der Waals surface area (Å²) in [5.74, 6) is 0. The van der Waals surface area contributed by atoms with Gasteiger partial charge >= 0.3 is 0 Å². The molecule has 1 unspecified atom stereocenters. The molecule has 0 bridgehead atoms. The lowest BCUT2D eigenvalue weighted by Crippen LogP contribution is -2.15. The Balaban J connectivity index is 2.32. The third kappa shape index (κ3) is 3.43. The zero-order chi connectivity index (χ0) is 14.9. The maximum atomic E-state index is 6.38. The molecule has 106 valence electrons. The maximum absolute atomic E-state index is 6.38. The van der Waals surface area contributed by atoms with Crippen LogP contribution in [-0.4, -0.2) is 0 Å². The lowest BCUT2D eigenvalue weighted by atomic mass is 9.92. The fourth-order valence-corrected chi connectivity index (χ4v) is 3.38. The van der Waals surface area contributed by atoms with E-state index in [1.54, 1.807) is 0 Å². The lowest BCUT2D eigenvalue weighted by Gasteiger charge is -2.18. The summed E-state index contributed by atoms with van der Waals surface area (Å²) < 4.78 is 1.01. The van der Waals surface area contributed by atoms with Gasteiger partial charge in [-0.25, -0.2) is 0 Å². The Morgan fingerprint density at radius 1 is 1.10 bits per heavy atom. The third-order valence-electron chi connectivity index (χ3n) is 3.62. The van der Waals surface area contributed by atoms with Gasteiger partial charge in [0.05, 0.1) is 0 Å². The van der Waals surface area contributed by atoms with Crippen LogP contribution in [0.4, 0.5) is 0 Å². The summed E-state index contributed by atoms with van der Waals surface area (Å²) in [5.41, 5.74) is 12.7. The van der Waals surface area contributed by atoms with Crippen molar-refractivity contribution in [2.24, 2.45) is 5.73 Å². The number of hydrogen-bond donors (Lipinski definition) is 1. The van der Waals surface area contributed by atoms with Gasteiger partial charge in [0.25, 0.3) is 0 Å². The van der Waals surface area contributed by atoms with Crippen molar-refractivity contribution < 1.29 is 0 Å². The van der Waals surface area contributed by atoms with Crippen LogP contribution in [0.25, 0.3) is 0 Å². The van der Waals surface area contributed by atoms with E-state index in [9.17, 15) is 0 Å². The van der Waals surface area contributed by atoms with E-state index >= 15 is 0 Å². The van der Waals surface area contributed by atoms with E-state index in [1.165, 1.54) is 22.3 Å². The fraction of sp³-hybridized carbons (Fsp3) is 0.294. The van der Waals surface area contributed by atoms with Gasteiger partial charge < -0.3 is 5.73 Å². The van der Waals surface area contributed by atoms with Gasteiger partial charge in [-0.1, -0.05) is 45.2 Å². The van der Waals surface area contributed by atoms with E-state index in [1.807, 2.05) is 18.2 Å². The first kappa shape index (κ1) is 15.6. The number of benzene rings is 2. The van der Waals surface area contributed by atoms with Gasteiger partial charge in [-0.2, -0.15) is 0 Å². The third-order valence-corrected chi connectivity index (χ3v) is 4.58. The van der Waals surface area contributed by atoms with E-state index in [0.717, 1.165) is 21.5 Å². The smallest absolute Gasteiger partial charge is 0.0410 e. The topological polar surface area (TPSA) is 26.0 Å². The molecule has 0 radical (unpaired) electrons. The van der Waals surface area contributed by atoms with Crippen LogP contribution in [-0.2, 0) is 6.42 Å². The Bertz CT molecular complexity index is 614. The number of aryl methyl sites for hydroxylation is 3. The van der Waals surface area contributed by atoms with Gasteiger partial charge in [-0.05, 0) is 67.6 Å². The van der Waals surface area contributed by atoms with Crippen LogP contribution in [0.3, 0.4) is 0 Å². The summed E-state index contributed by atoms with van der Waals surface area (Å²) in [6.45, 7) is 6.42. The quantitative estimate of drug-likeness (QED) is 0.800. The molecule has 2 aromatic carbocycles. The molecule has 0 aromatic heterocycles. The van der Waals surface area contributed by atoms with Crippen LogP contribution in [0.5, 0.6) is 0 Å². The van der Waals surface area contributed by atoms with Gasteiger partial charge in [0.15, 0.2) is 0 Å². The van der Waals surface area contributed by atoms with E-state index in [-0.39, 0.29) is 6.04 Å². The second-order valence-electron chi connectivity index (χ2n) is 5.35. The minimum absolute atomic E-state index is 0.0665. The molecule has 0 fully saturated rings. The fourth-order valence-electron chi connectivity index (χ4n) is 2.66. The second-order valence-corrected chi connectivity index (χ2v) is 6.64. The van der Waals surface area contributed by atoms with Crippen LogP contribution in [0.2, 0.25) is 5.02 Å². The average Bonchev–Trinajstić information content (AvgIpc) is 2.36. The van der Waals surface area contributed by atoms with Gasteiger partial charge in [0.2, 0.25) is 0 Å². The van der Waals surface area contributed by atoms with Crippen molar-refractivity contribution in [2.75, 3.05) is 0 Å². The second kappa shape index (κ2) is 6.30. The molecule has 1 nitrogen and oxygen atoms in total. The molecular formula is C17H19BrClN. The van der Waals surface area contributed by atoms with Crippen molar-refractivity contribution in [2.45, 2.75) is 33.2 Å². The van der Waals surface area contributed by atoms with Gasteiger partial charge in [0, 0.05) is 15.5 Å². The molecule has 0 aliphatic rings. The molecule has 0 amide bonds. The number of nitrogens with two attached hydrogens (primary N) is 1. The van der Waals surface area contributed by atoms with Crippen LogP contribution in [0, 0.1) is 20.8 Å². The molecule has 0 aliphatic heterocycles. The monoisotopic (exact) mass is 351 g/mol. The first-order valence-corrected chi connectivity index (χ1v) is 7.83. The van der Waals surface area contributed by atoms with Crippen molar-refractivity contribution >= 4 is 27.5 Å². The average molecular weight is 353 g/mol. The van der Waals surface area contributed by atoms with Gasteiger partial charge in [-0.15, -0.1) is 0 Å². The normalized spacial score (nSPS) is 12.5. The van der Waals surface area contributed by atoms with E-state index in [0.29, 0.717) is 0 Å². The predicted octanol–water partition coefficient (Wildman–Crippen LogP) is 5.27. The first-order valence-electron chi connectivity index (χ1n) is 6.65. The highest BCUT2D eigenvalue weighted by Gasteiger charge is 2.14. The van der Waals surface area contributed by atoms with Crippen LogP contribution >= 0.6 is 27.5 Å². The van der Waals surface area contributed by atoms with Crippen molar-refractivity contribution in [3.05, 3.63) is 67.6 Å². The van der Waals surface area contributed by atoms with E-state index < -0.39 is 0 Å². The molecule has 0 saturated heterocycles. The highest BCUT2D eigenvalue weighted by atomic mass is 79.9. The first-order chi connectivity index (χ1) is 9.38. The highest BCUT2D eigenvalue weighted by molar-refractivity contribution is 9.10. The maximum Gasteiger partial charge on any atom is 0.0410 e. The van der Waals surface area contributed by atoms with Gasteiger partial charge in [0.1, 0.15) is 0 Å². The van der Waals surface area contributed by atoms with Crippen LogP contribution < -0.4 is 5.73 Å². The summed E-state index contributed by atoms with van der Waals surface area (Å²) >= 11 is 9.63. The molecule has 0 heterocycles. The Morgan fingerprint density at radius 3 is 2.30 bits per heavy atom. The van der Waals surface area contributed by atoms with Crippen molar-refractivity contribution in [3.63, 3.8) is 0 Å². The van der Waals surface area contributed by atoms with Crippen molar-refractivity contribution in [3.8, 4) is 0 Å². The Labute approximate surface area is 134 Å². The Morgan fingerprint density at radius 2 is 1.70 bits per heavy atom. The molecule has 0 aliphatic carbocycles.